The molecule has 0 heteroatoms. The van der Waals surface area contributed by atoms with Gasteiger partial charge in [-0.2, -0.15) is 0 Å². The van der Waals surface area contributed by atoms with Crippen LogP contribution in [0.1, 0.15) is 22.3 Å². The van der Waals surface area contributed by atoms with Crippen molar-refractivity contribution in [3.05, 3.63) is 338 Å². The number of benzene rings is 12. The van der Waals surface area contributed by atoms with Gasteiger partial charge in [-0.1, -0.05) is 279 Å². The van der Waals surface area contributed by atoms with Crippen LogP contribution >= 0.6 is 0 Å². The Bertz CT molecular complexity index is 3350. The summed E-state index contributed by atoms with van der Waals surface area (Å²) in [6.07, 6.45) is 0. The molecule has 0 aromatic heterocycles. The van der Waals surface area contributed by atoms with Gasteiger partial charge in [0, 0.05) is 0 Å². The van der Waals surface area contributed by atoms with E-state index in [1.807, 2.05) is 0 Å². The maximum atomic E-state index is 2.48. The van der Waals surface area contributed by atoms with E-state index in [2.05, 4.69) is 315 Å². The molecule has 344 valence electrons. The van der Waals surface area contributed by atoms with Crippen molar-refractivity contribution in [1.29, 1.82) is 0 Å². The van der Waals surface area contributed by atoms with Crippen molar-refractivity contribution in [2.45, 2.75) is 5.41 Å². The fourth-order valence-corrected chi connectivity index (χ4v) is 11.1. The van der Waals surface area contributed by atoms with Crippen LogP contribution in [0.4, 0.5) is 0 Å². The van der Waals surface area contributed by atoms with Gasteiger partial charge in [0.1, 0.15) is 0 Å². The molecule has 0 atom stereocenters. The van der Waals surface area contributed by atoms with Crippen LogP contribution in [0.15, 0.2) is 315 Å². The fourth-order valence-electron chi connectivity index (χ4n) is 11.1. The standard InChI is InChI=1S/C73H52/c1-7-27-53(28-8-1)65-39-19-23-43-69(65)57-47-58(70-44-24-20-40-66(70)54-29-9-2-10-30-54)50-63(49-57)73(61-35-15-5-16-36-61,62-37-17-6-18-38-62)64-51-59(71-45-25-21-41-67(71)55-31-11-3-12-32-55)48-60(52-64)72-46-26-22-42-68(72)56-33-13-4-14-34-56/h1-52H. The second-order valence-electron chi connectivity index (χ2n) is 18.7. The zero-order chi connectivity index (χ0) is 48.8. The third kappa shape index (κ3) is 8.71. The number of hydrogen-bond donors (Lipinski definition) is 0. The number of rotatable bonds is 12. The highest BCUT2D eigenvalue weighted by Crippen LogP contribution is 2.51. The Morgan fingerprint density at radius 2 is 0.315 bits per heavy atom. The number of hydrogen-bond acceptors (Lipinski definition) is 0. The smallest absolute Gasteiger partial charge is 0.0622 e. The third-order valence-electron chi connectivity index (χ3n) is 14.4. The maximum absolute atomic E-state index is 2.48. The highest BCUT2D eigenvalue weighted by Gasteiger charge is 2.40. The van der Waals surface area contributed by atoms with Crippen LogP contribution < -0.4 is 0 Å². The molecular weight excluding hydrogens is 877 g/mol. The molecule has 12 aromatic carbocycles. The third-order valence-corrected chi connectivity index (χ3v) is 14.4. The van der Waals surface area contributed by atoms with Crippen LogP contribution in [0.25, 0.3) is 89.0 Å². The topological polar surface area (TPSA) is 0 Å². The predicted octanol–water partition coefficient (Wildman–Crippen LogP) is 19.4. The lowest BCUT2D eigenvalue weighted by Crippen LogP contribution is -2.31. The summed E-state index contributed by atoms with van der Waals surface area (Å²) in [6.45, 7) is 0. The van der Waals surface area contributed by atoms with Gasteiger partial charge >= 0.3 is 0 Å². The van der Waals surface area contributed by atoms with Gasteiger partial charge in [0.05, 0.1) is 5.41 Å². The fraction of sp³-hybridized carbons (Fsp3) is 0.0137. The zero-order valence-electron chi connectivity index (χ0n) is 40.5. The molecule has 0 unspecified atom stereocenters. The predicted molar refractivity (Wildman–Crippen MR) is 308 cm³/mol. The summed E-state index contributed by atoms with van der Waals surface area (Å²) in [6, 6.07) is 116. The summed E-state index contributed by atoms with van der Waals surface area (Å²) in [5.74, 6) is 0. The Morgan fingerprint density at radius 1 is 0.137 bits per heavy atom. The van der Waals surface area contributed by atoms with Gasteiger partial charge < -0.3 is 0 Å². The molecule has 0 aliphatic heterocycles. The highest BCUT2D eigenvalue weighted by molar-refractivity contribution is 5.92. The quantitative estimate of drug-likeness (QED) is 0.107. The molecule has 0 aliphatic rings. The lowest BCUT2D eigenvalue weighted by molar-refractivity contribution is 0.746. The van der Waals surface area contributed by atoms with Crippen molar-refractivity contribution < 1.29 is 0 Å². The average molecular weight is 929 g/mol. The van der Waals surface area contributed by atoms with Crippen LogP contribution in [-0.4, -0.2) is 0 Å². The van der Waals surface area contributed by atoms with Gasteiger partial charge in [0.25, 0.3) is 0 Å². The molecular formula is C73H52. The van der Waals surface area contributed by atoms with E-state index in [0.29, 0.717) is 0 Å². The monoisotopic (exact) mass is 928 g/mol. The molecule has 73 heavy (non-hydrogen) atoms. The SMILES string of the molecule is c1ccc(-c2ccccc2-c2cc(-c3ccccc3-c3ccccc3)cc(C(c3ccccc3)(c3ccccc3)c3cc(-c4ccccc4-c4ccccc4)cc(-c4ccccc4-c4ccccc4)c3)c2)cc1. The molecule has 0 heterocycles. The second kappa shape index (κ2) is 20.2. The first kappa shape index (κ1) is 44.8. The van der Waals surface area contributed by atoms with Crippen molar-refractivity contribution >= 4 is 0 Å². The van der Waals surface area contributed by atoms with E-state index >= 15 is 0 Å². The minimum atomic E-state index is -0.842. The van der Waals surface area contributed by atoms with Crippen LogP contribution in [-0.2, 0) is 5.41 Å². The van der Waals surface area contributed by atoms with E-state index < -0.39 is 5.41 Å². The van der Waals surface area contributed by atoms with E-state index in [9.17, 15) is 0 Å². The average Bonchev–Trinajstić information content (AvgIpc) is 3.49. The van der Waals surface area contributed by atoms with Gasteiger partial charge in [-0.25, -0.2) is 0 Å². The Labute approximate surface area is 429 Å². The van der Waals surface area contributed by atoms with Crippen molar-refractivity contribution in [3.8, 4) is 89.0 Å². The Hall–Kier alpha value is -9.36. The van der Waals surface area contributed by atoms with Crippen LogP contribution in [0, 0.1) is 0 Å². The lowest BCUT2D eigenvalue weighted by atomic mass is 9.63. The Balaban J connectivity index is 1.23. The van der Waals surface area contributed by atoms with Gasteiger partial charge in [0.15, 0.2) is 0 Å². The summed E-state index contributed by atoms with van der Waals surface area (Å²) < 4.78 is 0. The molecule has 12 rings (SSSR count). The molecule has 0 N–H and O–H groups in total. The molecule has 0 saturated carbocycles. The molecule has 0 radical (unpaired) electrons. The molecule has 0 amide bonds. The van der Waals surface area contributed by atoms with E-state index in [-0.39, 0.29) is 0 Å². The molecule has 0 fully saturated rings. The van der Waals surface area contributed by atoms with Crippen LogP contribution in [0.5, 0.6) is 0 Å². The molecule has 0 bridgehead atoms. The summed E-state index contributed by atoms with van der Waals surface area (Å²) in [4.78, 5) is 0. The van der Waals surface area contributed by atoms with E-state index in [0.717, 1.165) is 22.3 Å². The Kier molecular flexibility index (Phi) is 12.4. The summed E-state index contributed by atoms with van der Waals surface area (Å²) >= 11 is 0. The minimum Gasteiger partial charge on any atom is -0.0622 e. The van der Waals surface area contributed by atoms with Gasteiger partial charge in [-0.15, -0.1) is 0 Å². The van der Waals surface area contributed by atoms with Crippen molar-refractivity contribution in [2.75, 3.05) is 0 Å². The lowest BCUT2D eigenvalue weighted by Gasteiger charge is -2.38. The molecule has 0 aliphatic carbocycles. The first-order chi connectivity index (χ1) is 36.2. The normalized spacial score (nSPS) is 11.3. The van der Waals surface area contributed by atoms with Crippen LogP contribution in [0.2, 0.25) is 0 Å². The first-order valence-corrected chi connectivity index (χ1v) is 25.2. The second-order valence-corrected chi connectivity index (χ2v) is 18.7. The van der Waals surface area contributed by atoms with Crippen molar-refractivity contribution in [3.63, 3.8) is 0 Å². The highest BCUT2D eigenvalue weighted by atomic mass is 14.4. The molecule has 0 saturated heterocycles. The van der Waals surface area contributed by atoms with Crippen molar-refractivity contribution in [1.82, 2.24) is 0 Å². The molecule has 0 spiro atoms. The first-order valence-electron chi connectivity index (χ1n) is 25.2. The summed E-state index contributed by atoms with van der Waals surface area (Å²) in [5.41, 5.74) is 22.6. The summed E-state index contributed by atoms with van der Waals surface area (Å²) in [5, 5.41) is 0. The van der Waals surface area contributed by atoms with E-state index in [1.54, 1.807) is 0 Å². The van der Waals surface area contributed by atoms with Crippen molar-refractivity contribution in [2.24, 2.45) is 0 Å². The van der Waals surface area contributed by atoms with E-state index in [4.69, 9.17) is 0 Å². The van der Waals surface area contributed by atoms with Gasteiger partial charge in [0.2, 0.25) is 0 Å². The Morgan fingerprint density at radius 3 is 0.534 bits per heavy atom. The zero-order valence-corrected chi connectivity index (χ0v) is 40.5. The van der Waals surface area contributed by atoms with Gasteiger partial charge in [-0.3, -0.25) is 0 Å². The van der Waals surface area contributed by atoms with Gasteiger partial charge in [-0.05, 0) is 148 Å². The largest absolute Gasteiger partial charge is 0.0702 e. The van der Waals surface area contributed by atoms with E-state index in [1.165, 1.54) is 89.0 Å². The minimum absolute atomic E-state index is 0.842. The molecule has 12 aromatic rings. The maximum Gasteiger partial charge on any atom is 0.0702 e. The summed E-state index contributed by atoms with van der Waals surface area (Å²) in [7, 11) is 0. The van der Waals surface area contributed by atoms with Crippen LogP contribution in [0.3, 0.4) is 0 Å². The molecule has 0 nitrogen and oxygen atoms in total.